The summed E-state index contributed by atoms with van der Waals surface area (Å²) in [7, 11) is -2.84. The van der Waals surface area contributed by atoms with E-state index in [0.717, 1.165) is 24.7 Å². The summed E-state index contributed by atoms with van der Waals surface area (Å²) < 4.78 is 24.0. The molecule has 0 aromatic rings. The molecule has 0 bridgehead atoms. The average Bonchev–Trinajstić information content (AvgIpc) is 2.57. The fourth-order valence-electron chi connectivity index (χ4n) is 3.89. The van der Waals surface area contributed by atoms with Crippen LogP contribution in [0.25, 0.3) is 0 Å². The summed E-state index contributed by atoms with van der Waals surface area (Å²) in [4.78, 5) is 0. The lowest BCUT2D eigenvalue weighted by Gasteiger charge is -2.24. The monoisotopic (exact) mass is 330 g/mol. The van der Waals surface area contributed by atoms with Gasteiger partial charge in [-0.3, -0.25) is 4.57 Å². The van der Waals surface area contributed by atoms with Crippen molar-refractivity contribution in [3.63, 3.8) is 0 Å². The average molecular weight is 330 g/mol. The molecule has 0 saturated heterocycles. The topological polar surface area (TPSA) is 35.5 Å². The second kappa shape index (κ2) is 10.1. The molecule has 0 atom stereocenters. The Balaban J connectivity index is 1.61. The van der Waals surface area contributed by atoms with E-state index in [2.05, 4.69) is 0 Å². The number of hydrogen-bond donors (Lipinski definition) is 0. The molecule has 0 unspecified atom stereocenters. The van der Waals surface area contributed by atoms with Crippen LogP contribution in [-0.2, 0) is 13.6 Å². The Hall–Kier alpha value is 0.150. The van der Waals surface area contributed by atoms with Gasteiger partial charge < -0.3 is 9.05 Å². The third-order valence-corrected chi connectivity index (χ3v) is 7.39. The highest BCUT2D eigenvalue weighted by Crippen LogP contribution is 2.48. The SMILES string of the molecule is CCP(=O)(OCCC1CCCCC1)OCCC1CCCCC1. The quantitative estimate of drug-likeness (QED) is 0.474. The van der Waals surface area contributed by atoms with E-state index in [0.29, 0.717) is 19.4 Å². The summed E-state index contributed by atoms with van der Waals surface area (Å²) in [5, 5.41) is 0. The molecule has 0 aromatic heterocycles. The minimum absolute atomic E-state index is 0.502. The van der Waals surface area contributed by atoms with Crippen LogP contribution in [0.4, 0.5) is 0 Å². The van der Waals surface area contributed by atoms with Crippen LogP contribution in [0.2, 0.25) is 0 Å². The van der Waals surface area contributed by atoms with E-state index in [1.807, 2.05) is 6.92 Å². The summed E-state index contributed by atoms with van der Waals surface area (Å²) in [5.41, 5.74) is 0. The van der Waals surface area contributed by atoms with Gasteiger partial charge in [-0.25, -0.2) is 0 Å². The Morgan fingerprint density at radius 1 is 0.773 bits per heavy atom. The molecule has 0 aliphatic heterocycles. The molecular formula is C18H35O3P. The Morgan fingerprint density at radius 2 is 1.18 bits per heavy atom. The minimum atomic E-state index is -2.84. The van der Waals surface area contributed by atoms with Gasteiger partial charge >= 0.3 is 7.60 Å². The molecule has 130 valence electrons. The zero-order valence-electron chi connectivity index (χ0n) is 14.4. The van der Waals surface area contributed by atoms with Crippen LogP contribution in [0.15, 0.2) is 0 Å². The van der Waals surface area contributed by atoms with Crippen molar-refractivity contribution in [2.75, 3.05) is 19.4 Å². The van der Waals surface area contributed by atoms with Gasteiger partial charge in [-0.05, 0) is 24.7 Å². The van der Waals surface area contributed by atoms with E-state index in [1.54, 1.807) is 0 Å². The largest absolute Gasteiger partial charge is 0.330 e. The molecule has 0 spiro atoms. The molecule has 2 aliphatic rings. The van der Waals surface area contributed by atoms with Gasteiger partial charge in [0, 0.05) is 6.16 Å². The molecular weight excluding hydrogens is 295 g/mol. The van der Waals surface area contributed by atoms with Crippen LogP contribution in [0.5, 0.6) is 0 Å². The summed E-state index contributed by atoms with van der Waals surface area (Å²) in [5.74, 6) is 1.56. The number of hydrogen-bond acceptors (Lipinski definition) is 3. The van der Waals surface area contributed by atoms with Crippen molar-refractivity contribution in [1.29, 1.82) is 0 Å². The smallest absolute Gasteiger partial charge is 0.309 e. The maximum absolute atomic E-state index is 12.6. The third kappa shape index (κ3) is 6.72. The van der Waals surface area contributed by atoms with Crippen LogP contribution < -0.4 is 0 Å². The second-order valence-corrected chi connectivity index (χ2v) is 9.55. The van der Waals surface area contributed by atoms with Crippen molar-refractivity contribution >= 4 is 7.60 Å². The molecule has 4 heteroatoms. The summed E-state index contributed by atoms with van der Waals surface area (Å²) in [6, 6.07) is 0. The Labute approximate surface area is 137 Å². The number of rotatable bonds is 9. The molecule has 0 radical (unpaired) electrons. The normalized spacial score (nSPS) is 22.0. The minimum Gasteiger partial charge on any atom is -0.309 e. The molecule has 3 nitrogen and oxygen atoms in total. The highest BCUT2D eigenvalue weighted by molar-refractivity contribution is 7.53. The maximum atomic E-state index is 12.6. The van der Waals surface area contributed by atoms with Gasteiger partial charge in [0.25, 0.3) is 0 Å². The lowest BCUT2D eigenvalue weighted by atomic mass is 9.87. The molecule has 2 saturated carbocycles. The van der Waals surface area contributed by atoms with E-state index in [4.69, 9.17) is 9.05 Å². The van der Waals surface area contributed by atoms with Crippen molar-refractivity contribution in [2.45, 2.75) is 84.0 Å². The molecule has 0 N–H and O–H groups in total. The first-order valence-electron chi connectivity index (χ1n) is 9.60. The predicted molar refractivity (Wildman–Crippen MR) is 92.4 cm³/mol. The van der Waals surface area contributed by atoms with Crippen LogP contribution in [-0.4, -0.2) is 19.4 Å². The van der Waals surface area contributed by atoms with Gasteiger partial charge in [0.15, 0.2) is 0 Å². The van der Waals surface area contributed by atoms with Crippen molar-refractivity contribution in [2.24, 2.45) is 11.8 Å². The maximum Gasteiger partial charge on any atom is 0.330 e. The van der Waals surface area contributed by atoms with Crippen LogP contribution in [0, 0.1) is 11.8 Å². The fourth-order valence-corrected chi connectivity index (χ4v) is 5.10. The zero-order chi connectivity index (χ0) is 15.7. The van der Waals surface area contributed by atoms with Crippen LogP contribution in [0.1, 0.15) is 84.0 Å². The fraction of sp³-hybridized carbons (Fsp3) is 1.00. The van der Waals surface area contributed by atoms with Gasteiger partial charge in [0.2, 0.25) is 0 Å². The van der Waals surface area contributed by atoms with Crippen LogP contribution >= 0.6 is 7.60 Å². The second-order valence-electron chi connectivity index (χ2n) is 7.18. The van der Waals surface area contributed by atoms with Crippen molar-refractivity contribution in [3.8, 4) is 0 Å². The Kier molecular flexibility index (Phi) is 8.49. The molecule has 0 amide bonds. The molecule has 2 fully saturated rings. The van der Waals surface area contributed by atoms with E-state index < -0.39 is 7.60 Å². The lowest BCUT2D eigenvalue weighted by molar-refractivity contribution is 0.172. The first kappa shape index (κ1) is 18.5. The van der Waals surface area contributed by atoms with Gasteiger partial charge in [0.1, 0.15) is 0 Å². The third-order valence-electron chi connectivity index (χ3n) is 5.46. The van der Waals surface area contributed by atoms with Gasteiger partial charge in [-0.1, -0.05) is 71.1 Å². The Morgan fingerprint density at radius 3 is 1.55 bits per heavy atom. The molecule has 0 heterocycles. The molecule has 22 heavy (non-hydrogen) atoms. The summed E-state index contributed by atoms with van der Waals surface area (Å²) in [6.45, 7) is 3.14. The highest BCUT2D eigenvalue weighted by atomic mass is 31.2. The summed E-state index contributed by atoms with van der Waals surface area (Å²) in [6.07, 6.45) is 16.1. The van der Waals surface area contributed by atoms with Gasteiger partial charge in [-0.2, -0.15) is 0 Å². The van der Waals surface area contributed by atoms with Crippen molar-refractivity contribution in [3.05, 3.63) is 0 Å². The zero-order valence-corrected chi connectivity index (χ0v) is 15.3. The lowest BCUT2D eigenvalue weighted by Crippen LogP contribution is -2.11. The predicted octanol–water partition coefficient (Wildman–Crippen LogP) is 6.17. The van der Waals surface area contributed by atoms with E-state index in [1.165, 1.54) is 64.2 Å². The van der Waals surface area contributed by atoms with Crippen molar-refractivity contribution < 1.29 is 13.6 Å². The summed E-state index contributed by atoms with van der Waals surface area (Å²) >= 11 is 0. The van der Waals surface area contributed by atoms with Crippen molar-refractivity contribution in [1.82, 2.24) is 0 Å². The van der Waals surface area contributed by atoms with E-state index >= 15 is 0 Å². The van der Waals surface area contributed by atoms with E-state index in [9.17, 15) is 4.57 Å². The molecule has 0 aromatic carbocycles. The first-order chi connectivity index (χ1) is 10.7. The Bertz CT molecular complexity index is 305. The van der Waals surface area contributed by atoms with Gasteiger partial charge in [-0.15, -0.1) is 0 Å². The van der Waals surface area contributed by atoms with Crippen LogP contribution in [0.3, 0.4) is 0 Å². The highest BCUT2D eigenvalue weighted by Gasteiger charge is 2.24. The molecule has 2 aliphatic carbocycles. The standard InChI is InChI=1S/C18H35O3P/c1-2-22(19,20-15-13-17-9-5-3-6-10-17)21-16-14-18-11-7-4-8-12-18/h17-18H,2-16H2,1H3. The van der Waals surface area contributed by atoms with Gasteiger partial charge in [0.05, 0.1) is 13.2 Å². The first-order valence-corrected chi connectivity index (χ1v) is 11.3. The molecule has 2 rings (SSSR count). The van der Waals surface area contributed by atoms with E-state index in [-0.39, 0.29) is 0 Å².